The number of nitrogens with zero attached hydrogens (tertiary/aromatic N) is 7. The van der Waals surface area contributed by atoms with E-state index < -0.39 is 27.1 Å². The minimum atomic E-state index is -0.796. The maximum absolute atomic E-state index is 12.5. The summed E-state index contributed by atoms with van der Waals surface area (Å²) in [6.45, 7) is 2.90. The first-order chi connectivity index (χ1) is 15.9. The average molecular weight is 450 g/mol. The largest absolute Gasteiger partial charge is 0.353 e. The predicted molar refractivity (Wildman–Crippen MR) is 118 cm³/mol. The minimum Gasteiger partial charge on any atom is -0.353 e. The zero-order valence-corrected chi connectivity index (χ0v) is 17.2. The molecule has 0 bridgehead atoms. The summed E-state index contributed by atoms with van der Waals surface area (Å²) < 4.78 is 0. The number of rotatable bonds is 6. The molecular formula is C20H18N8O5. The van der Waals surface area contributed by atoms with Gasteiger partial charge in [0.2, 0.25) is 5.95 Å². The molecule has 4 rings (SSSR count). The minimum absolute atomic E-state index is 0.217. The Hall–Kier alpha value is -4.68. The Morgan fingerprint density at radius 3 is 2.03 bits per heavy atom. The number of non-ortho nitro benzene ring substituents is 2. The van der Waals surface area contributed by atoms with Crippen LogP contribution in [0.5, 0.6) is 0 Å². The number of anilines is 3. The molecular weight excluding hydrogens is 432 g/mol. The number of amides is 1. The number of pyridine rings is 1. The van der Waals surface area contributed by atoms with E-state index in [9.17, 15) is 25.0 Å². The Morgan fingerprint density at radius 2 is 1.48 bits per heavy atom. The van der Waals surface area contributed by atoms with E-state index in [-0.39, 0.29) is 11.3 Å². The van der Waals surface area contributed by atoms with Gasteiger partial charge in [-0.3, -0.25) is 25.0 Å². The second-order valence-electron chi connectivity index (χ2n) is 7.14. The number of hydrogen-bond donors (Lipinski definition) is 1. The van der Waals surface area contributed by atoms with Gasteiger partial charge in [-0.2, -0.15) is 0 Å². The van der Waals surface area contributed by atoms with Gasteiger partial charge in [0.15, 0.2) is 0 Å². The highest BCUT2D eigenvalue weighted by Crippen LogP contribution is 2.23. The van der Waals surface area contributed by atoms with Crippen LogP contribution in [-0.2, 0) is 0 Å². The highest BCUT2D eigenvalue weighted by atomic mass is 16.6. The summed E-state index contributed by atoms with van der Waals surface area (Å²) in [4.78, 5) is 50.0. The third-order valence-electron chi connectivity index (χ3n) is 5.02. The molecule has 33 heavy (non-hydrogen) atoms. The molecule has 3 heterocycles. The van der Waals surface area contributed by atoms with E-state index >= 15 is 0 Å². The first kappa shape index (κ1) is 21.5. The molecule has 0 unspecified atom stereocenters. The van der Waals surface area contributed by atoms with Gasteiger partial charge in [0.1, 0.15) is 5.82 Å². The predicted octanol–water partition coefficient (Wildman–Crippen LogP) is 2.27. The lowest BCUT2D eigenvalue weighted by molar-refractivity contribution is -0.394. The highest BCUT2D eigenvalue weighted by Gasteiger charge is 2.21. The monoisotopic (exact) mass is 450 g/mol. The van der Waals surface area contributed by atoms with Crippen molar-refractivity contribution in [1.82, 2.24) is 15.0 Å². The van der Waals surface area contributed by atoms with E-state index in [0.29, 0.717) is 19.0 Å². The van der Waals surface area contributed by atoms with Crippen molar-refractivity contribution in [3.05, 3.63) is 80.8 Å². The molecule has 1 aromatic carbocycles. The second kappa shape index (κ2) is 9.21. The molecule has 0 spiro atoms. The average Bonchev–Trinajstić information content (AvgIpc) is 2.85. The van der Waals surface area contributed by atoms with Gasteiger partial charge in [0.25, 0.3) is 17.3 Å². The van der Waals surface area contributed by atoms with Crippen molar-refractivity contribution in [3.8, 4) is 0 Å². The number of nitro groups is 2. The molecule has 1 aliphatic rings. The number of carbonyl (C=O) groups is 1. The molecule has 3 aromatic rings. The van der Waals surface area contributed by atoms with Crippen LogP contribution < -0.4 is 15.1 Å². The van der Waals surface area contributed by atoms with Crippen molar-refractivity contribution in [2.45, 2.75) is 0 Å². The van der Waals surface area contributed by atoms with E-state index in [1.807, 2.05) is 23.1 Å². The normalized spacial score (nSPS) is 13.5. The first-order valence-electron chi connectivity index (χ1n) is 9.89. The van der Waals surface area contributed by atoms with Gasteiger partial charge in [0.05, 0.1) is 39.6 Å². The van der Waals surface area contributed by atoms with Crippen molar-refractivity contribution in [3.63, 3.8) is 0 Å². The number of hydrogen-bond acceptors (Lipinski definition) is 10. The number of carbonyl (C=O) groups excluding carboxylic acids is 1. The highest BCUT2D eigenvalue weighted by molar-refractivity contribution is 6.05. The Morgan fingerprint density at radius 1 is 0.879 bits per heavy atom. The summed E-state index contributed by atoms with van der Waals surface area (Å²) in [5.41, 5.74) is -1.06. The summed E-state index contributed by atoms with van der Waals surface area (Å²) in [7, 11) is 0. The maximum atomic E-state index is 12.5. The molecule has 13 nitrogen and oxygen atoms in total. The van der Waals surface area contributed by atoms with Gasteiger partial charge < -0.3 is 15.1 Å². The fourth-order valence-corrected chi connectivity index (χ4v) is 3.37. The van der Waals surface area contributed by atoms with Crippen LogP contribution in [0.2, 0.25) is 0 Å². The molecule has 1 amide bonds. The van der Waals surface area contributed by atoms with Gasteiger partial charge >= 0.3 is 0 Å². The second-order valence-corrected chi connectivity index (χ2v) is 7.14. The number of piperazine rings is 1. The van der Waals surface area contributed by atoms with Crippen LogP contribution in [0.1, 0.15) is 10.4 Å². The smallest absolute Gasteiger partial charge is 0.277 e. The molecule has 2 aromatic heterocycles. The Labute approximate surface area is 187 Å². The fraction of sp³-hybridized carbons (Fsp3) is 0.200. The lowest BCUT2D eigenvalue weighted by Crippen LogP contribution is -2.47. The zero-order chi connectivity index (χ0) is 23.4. The molecule has 1 fully saturated rings. The standard InChI is InChI=1S/C20H18N8O5/c29-19(14-9-16(27(30)31)11-17(10-14)28(32)33)24-15-12-22-20(23-13-15)26-7-5-25(6-8-26)18-3-1-2-4-21-18/h1-4,9-13H,5-8H2,(H,24,29). The number of nitrogens with one attached hydrogen (secondary N) is 1. The van der Waals surface area contributed by atoms with Crippen LogP contribution in [0.15, 0.2) is 55.0 Å². The third-order valence-corrected chi connectivity index (χ3v) is 5.02. The summed E-state index contributed by atoms with van der Waals surface area (Å²) in [5.74, 6) is 0.666. The van der Waals surface area contributed by atoms with Gasteiger partial charge in [-0.25, -0.2) is 15.0 Å². The van der Waals surface area contributed by atoms with Gasteiger partial charge in [-0.15, -0.1) is 0 Å². The first-order valence-corrected chi connectivity index (χ1v) is 9.89. The third kappa shape index (κ3) is 4.98. The zero-order valence-electron chi connectivity index (χ0n) is 17.2. The molecule has 13 heteroatoms. The lowest BCUT2D eigenvalue weighted by Gasteiger charge is -2.35. The molecule has 1 saturated heterocycles. The molecule has 1 N–H and O–H groups in total. The molecule has 168 valence electrons. The lowest BCUT2D eigenvalue weighted by atomic mass is 10.1. The molecule has 0 saturated carbocycles. The SMILES string of the molecule is O=C(Nc1cnc(N2CCN(c3ccccn3)CC2)nc1)c1cc([N+](=O)[O-])cc([N+](=O)[O-])c1. The van der Waals surface area contributed by atoms with E-state index in [1.54, 1.807) is 6.20 Å². The number of benzene rings is 1. The topological polar surface area (TPSA) is 161 Å². The van der Waals surface area contributed by atoms with Crippen LogP contribution in [0.25, 0.3) is 0 Å². The Balaban J connectivity index is 1.41. The quantitative estimate of drug-likeness (QED) is 0.435. The fourth-order valence-electron chi connectivity index (χ4n) is 3.37. The van der Waals surface area contributed by atoms with Crippen LogP contribution in [-0.4, -0.2) is 56.9 Å². The van der Waals surface area contributed by atoms with Crippen molar-refractivity contribution in [2.24, 2.45) is 0 Å². The van der Waals surface area contributed by atoms with E-state index in [4.69, 9.17) is 0 Å². The Bertz CT molecular complexity index is 1150. The van der Waals surface area contributed by atoms with Gasteiger partial charge in [0, 0.05) is 44.5 Å². The molecule has 0 aliphatic carbocycles. The molecule has 1 aliphatic heterocycles. The van der Waals surface area contributed by atoms with Crippen molar-refractivity contribution >= 4 is 34.7 Å². The van der Waals surface area contributed by atoms with Gasteiger partial charge in [-0.1, -0.05) is 6.07 Å². The van der Waals surface area contributed by atoms with Crippen LogP contribution in [0.3, 0.4) is 0 Å². The molecule has 0 atom stereocenters. The summed E-state index contributed by atoms with van der Waals surface area (Å²) in [6.07, 6.45) is 4.58. The van der Waals surface area contributed by atoms with Gasteiger partial charge in [-0.05, 0) is 12.1 Å². The van der Waals surface area contributed by atoms with E-state index in [0.717, 1.165) is 37.1 Å². The summed E-state index contributed by atoms with van der Waals surface area (Å²) >= 11 is 0. The van der Waals surface area contributed by atoms with Crippen molar-refractivity contribution in [2.75, 3.05) is 41.3 Å². The number of nitro benzene ring substituents is 2. The Kier molecular flexibility index (Phi) is 6.02. The van der Waals surface area contributed by atoms with Crippen molar-refractivity contribution in [1.29, 1.82) is 0 Å². The summed E-state index contributed by atoms with van der Waals surface area (Å²) in [5, 5.41) is 24.5. The molecule has 0 radical (unpaired) electrons. The van der Waals surface area contributed by atoms with E-state index in [1.165, 1.54) is 12.4 Å². The maximum Gasteiger partial charge on any atom is 0.277 e. The van der Waals surface area contributed by atoms with Crippen molar-refractivity contribution < 1.29 is 14.6 Å². The van der Waals surface area contributed by atoms with Crippen LogP contribution in [0.4, 0.5) is 28.8 Å². The van der Waals surface area contributed by atoms with E-state index in [2.05, 4.69) is 25.2 Å². The number of aromatic nitrogens is 3. The summed E-state index contributed by atoms with van der Waals surface area (Å²) in [6, 6.07) is 8.50. The van der Waals surface area contributed by atoms with Crippen LogP contribution >= 0.6 is 0 Å². The van der Waals surface area contributed by atoms with Crippen LogP contribution in [0, 0.1) is 20.2 Å².